The zero-order valence-electron chi connectivity index (χ0n) is 13.7. The van der Waals surface area contributed by atoms with E-state index in [0.29, 0.717) is 18.2 Å². The first-order valence-electron chi connectivity index (χ1n) is 8.70. The van der Waals surface area contributed by atoms with Crippen molar-refractivity contribution in [1.82, 2.24) is 9.80 Å². The quantitative estimate of drug-likeness (QED) is 0.828. The molecule has 0 aromatic heterocycles. The van der Waals surface area contributed by atoms with Crippen LogP contribution in [0.15, 0.2) is 24.3 Å². The molecule has 0 radical (unpaired) electrons. The molecule has 3 rings (SSSR count). The zero-order valence-corrected chi connectivity index (χ0v) is 14.4. The molecule has 1 aromatic carbocycles. The van der Waals surface area contributed by atoms with E-state index in [1.165, 1.54) is 38.9 Å². The van der Waals surface area contributed by atoms with E-state index in [0.717, 1.165) is 24.8 Å². The van der Waals surface area contributed by atoms with E-state index in [1.807, 2.05) is 12.1 Å². The highest BCUT2D eigenvalue weighted by Crippen LogP contribution is 2.20. The average molecular weight is 339 g/mol. The van der Waals surface area contributed by atoms with Crippen LogP contribution in [0, 0.1) is 5.92 Å². The Morgan fingerprint density at radius 3 is 2.61 bits per heavy atom. The van der Waals surface area contributed by atoms with Crippen LogP contribution in [-0.2, 0) is 0 Å². The monoisotopic (exact) mass is 338 g/mol. The summed E-state index contributed by atoms with van der Waals surface area (Å²) in [7, 11) is 0. The molecule has 5 heteroatoms. The van der Waals surface area contributed by atoms with Crippen molar-refractivity contribution in [2.75, 3.05) is 45.9 Å². The van der Waals surface area contributed by atoms with Gasteiger partial charge in [0, 0.05) is 24.7 Å². The molecule has 2 heterocycles. The van der Waals surface area contributed by atoms with E-state index < -0.39 is 6.10 Å². The SMILES string of the molecule is OC(COc1ccc(Cl)cc1)CN1CCC(CN2CCCC2)C1. The first kappa shape index (κ1) is 17.0. The standard InChI is InChI=1S/C18H27ClN2O2/c19-16-3-5-18(6-4-16)23-14-17(22)13-21-10-7-15(12-21)11-20-8-1-2-9-20/h3-6,15,17,22H,1-2,7-14H2. The minimum absolute atomic E-state index is 0.328. The van der Waals surface area contributed by atoms with Gasteiger partial charge in [-0.1, -0.05) is 11.6 Å². The first-order chi connectivity index (χ1) is 11.2. The number of halogens is 1. The second-order valence-electron chi connectivity index (χ2n) is 6.84. The van der Waals surface area contributed by atoms with Gasteiger partial charge in [-0.15, -0.1) is 0 Å². The van der Waals surface area contributed by atoms with Gasteiger partial charge >= 0.3 is 0 Å². The third kappa shape index (κ3) is 5.35. The molecule has 0 amide bonds. The number of aliphatic hydroxyl groups is 1. The van der Waals surface area contributed by atoms with Crippen molar-refractivity contribution in [2.24, 2.45) is 5.92 Å². The summed E-state index contributed by atoms with van der Waals surface area (Å²) in [6.45, 7) is 7.00. The van der Waals surface area contributed by atoms with E-state index in [9.17, 15) is 5.11 Å². The van der Waals surface area contributed by atoms with Crippen LogP contribution >= 0.6 is 11.6 Å². The van der Waals surface area contributed by atoms with Gasteiger partial charge < -0.3 is 19.6 Å². The highest BCUT2D eigenvalue weighted by Gasteiger charge is 2.26. The predicted octanol–water partition coefficient (Wildman–Crippen LogP) is 2.50. The van der Waals surface area contributed by atoms with Crippen molar-refractivity contribution in [3.8, 4) is 5.75 Å². The number of hydrogen-bond donors (Lipinski definition) is 1. The Hall–Kier alpha value is -0.810. The largest absolute Gasteiger partial charge is 0.491 e. The summed E-state index contributed by atoms with van der Waals surface area (Å²) >= 11 is 5.85. The molecule has 4 nitrogen and oxygen atoms in total. The second kappa shape index (κ2) is 8.34. The van der Waals surface area contributed by atoms with Crippen molar-refractivity contribution in [1.29, 1.82) is 0 Å². The second-order valence-corrected chi connectivity index (χ2v) is 7.28. The van der Waals surface area contributed by atoms with Crippen LogP contribution < -0.4 is 4.74 Å². The maximum absolute atomic E-state index is 10.2. The van der Waals surface area contributed by atoms with Crippen LogP contribution in [0.3, 0.4) is 0 Å². The van der Waals surface area contributed by atoms with Gasteiger partial charge in [0.15, 0.2) is 0 Å². The molecule has 23 heavy (non-hydrogen) atoms. The summed E-state index contributed by atoms with van der Waals surface area (Å²) in [4.78, 5) is 4.96. The van der Waals surface area contributed by atoms with Crippen molar-refractivity contribution in [3.05, 3.63) is 29.3 Å². The molecule has 1 N–H and O–H groups in total. The maximum Gasteiger partial charge on any atom is 0.119 e. The lowest BCUT2D eigenvalue weighted by atomic mass is 10.1. The van der Waals surface area contributed by atoms with Gasteiger partial charge in [0.05, 0.1) is 0 Å². The lowest BCUT2D eigenvalue weighted by Crippen LogP contribution is -2.35. The summed E-state index contributed by atoms with van der Waals surface area (Å²) in [6.07, 6.45) is 3.52. The Bertz CT molecular complexity index is 476. The van der Waals surface area contributed by atoms with E-state index in [1.54, 1.807) is 12.1 Å². The van der Waals surface area contributed by atoms with Crippen LogP contribution in [-0.4, -0.2) is 66.9 Å². The van der Waals surface area contributed by atoms with E-state index in [2.05, 4.69) is 9.80 Å². The molecule has 2 saturated heterocycles. The number of benzene rings is 1. The Morgan fingerprint density at radius 1 is 1.13 bits per heavy atom. The van der Waals surface area contributed by atoms with Crippen molar-refractivity contribution < 1.29 is 9.84 Å². The number of ether oxygens (including phenoxy) is 1. The number of β-amino-alcohol motifs (C(OH)–C–C–N with tert-alkyl or cyclic N) is 1. The molecule has 0 spiro atoms. The summed E-state index contributed by atoms with van der Waals surface area (Å²) in [5.41, 5.74) is 0. The van der Waals surface area contributed by atoms with Gasteiger partial charge in [-0.3, -0.25) is 0 Å². The highest BCUT2D eigenvalue weighted by atomic mass is 35.5. The van der Waals surface area contributed by atoms with Gasteiger partial charge in [0.25, 0.3) is 0 Å². The maximum atomic E-state index is 10.2. The summed E-state index contributed by atoms with van der Waals surface area (Å²) in [6, 6.07) is 7.26. The first-order valence-corrected chi connectivity index (χ1v) is 9.08. The Morgan fingerprint density at radius 2 is 1.87 bits per heavy atom. The Labute approximate surface area is 144 Å². The van der Waals surface area contributed by atoms with Crippen molar-refractivity contribution in [3.63, 3.8) is 0 Å². The van der Waals surface area contributed by atoms with E-state index in [-0.39, 0.29) is 0 Å². The fourth-order valence-electron chi connectivity index (χ4n) is 3.63. The highest BCUT2D eigenvalue weighted by molar-refractivity contribution is 6.30. The zero-order chi connectivity index (χ0) is 16.1. The molecule has 2 aliphatic rings. The van der Waals surface area contributed by atoms with Crippen molar-refractivity contribution >= 4 is 11.6 Å². The predicted molar refractivity (Wildman–Crippen MR) is 93.2 cm³/mol. The number of nitrogens with zero attached hydrogens (tertiary/aromatic N) is 2. The minimum atomic E-state index is -0.448. The van der Waals surface area contributed by atoms with Gasteiger partial charge in [-0.05, 0) is 69.1 Å². The van der Waals surface area contributed by atoms with Gasteiger partial charge in [-0.25, -0.2) is 0 Å². The molecule has 1 aromatic rings. The van der Waals surface area contributed by atoms with Gasteiger partial charge in [-0.2, -0.15) is 0 Å². The third-order valence-electron chi connectivity index (χ3n) is 4.81. The molecule has 0 saturated carbocycles. The number of likely N-dealkylation sites (tertiary alicyclic amines) is 2. The fourth-order valence-corrected chi connectivity index (χ4v) is 3.76. The number of rotatable bonds is 7. The lowest BCUT2D eigenvalue weighted by molar-refractivity contribution is 0.0741. The molecule has 0 aliphatic carbocycles. The van der Waals surface area contributed by atoms with Crippen LogP contribution in [0.4, 0.5) is 0 Å². The van der Waals surface area contributed by atoms with Gasteiger partial charge in [0.2, 0.25) is 0 Å². The third-order valence-corrected chi connectivity index (χ3v) is 5.06. The van der Waals surface area contributed by atoms with E-state index in [4.69, 9.17) is 16.3 Å². The Kier molecular flexibility index (Phi) is 6.17. The molecule has 0 bridgehead atoms. The van der Waals surface area contributed by atoms with Crippen LogP contribution in [0.25, 0.3) is 0 Å². The summed E-state index contributed by atoms with van der Waals surface area (Å²) in [5, 5.41) is 10.9. The molecule has 2 unspecified atom stereocenters. The molecular formula is C18H27ClN2O2. The molecule has 2 fully saturated rings. The van der Waals surface area contributed by atoms with Crippen molar-refractivity contribution in [2.45, 2.75) is 25.4 Å². The normalized spacial score (nSPS) is 24.2. The van der Waals surface area contributed by atoms with Gasteiger partial charge in [0.1, 0.15) is 18.5 Å². The molecule has 2 aliphatic heterocycles. The van der Waals surface area contributed by atoms with Crippen LogP contribution in [0.2, 0.25) is 5.02 Å². The van der Waals surface area contributed by atoms with Crippen LogP contribution in [0.5, 0.6) is 5.75 Å². The lowest BCUT2D eigenvalue weighted by Gasteiger charge is -2.22. The summed E-state index contributed by atoms with van der Waals surface area (Å²) < 4.78 is 5.62. The molecular weight excluding hydrogens is 312 g/mol. The molecule has 2 atom stereocenters. The fraction of sp³-hybridized carbons (Fsp3) is 0.667. The Balaban J connectivity index is 1.35. The molecule has 128 valence electrons. The summed E-state index contributed by atoms with van der Waals surface area (Å²) in [5.74, 6) is 1.51. The smallest absolute Gasteiger partial charge is 0.119 e. The minimum Gasteiger partial charge on any atom is -0.491 e. The van der Waals surface area contributed by atoms with E-state index >= 15 is 0 Å². The van der Waals surface area contributed by atoms with Crippen LogP contribution in [0.1, 0.15) is 19.3 Å². The number of aliphatic hydroxyl groups excluding tert-OH is 1. The average Bonchev–Trinajstić information content (AvgIpc) is 3.19. The topological polar surface area (TPSA) is 35.9 Å². The number of hydrogen-bond acceptors (Lipinski definition) is 4.